The van der Waals surface area contributed by atoms with Crippen molar-refractivity contribution in [3.8, 4) is 0 Å². The van der Waals surface area contributed by atoms with Gasteiger partial charge < -0.3 is 9.64 Å². The molecule has 5 heteroatoms. The fourth-order valence-corrected chi connectivity index (χ4v) is 3.11. The van der Waals surface area contributed by atoms with Gasteiger partial charge in [0.1, 0.15) is 0 Å². The highest BCUT2D eigenvalue weighted by molar-refractivity contribution is 7.14. The third-order valence-corrected chi connectivity index (χ3v) is 4.72. The molecule has 1 aliphatic rings. The molecule has 0 saturated carbocycles. The predicted molar refractivity (Wildman–Crippen MR) is 74.7 cm³/mol. The molecule has 1 aromatic rings. The minimum atomic E-state index is -0.0441. The standard InChI is InChI=1S/C13H18ClNO2S/c1-3-11-4-5-12(18-11)13(16)15-7-10(6-14)17-8-9(15)2/h4-5,9-10H,3,6-8H2,1-2H3. The molecular formula is C13H18ClNO2S. The zero-order chi connectivity index (χ0) is 13.1. The van der Waals surface area contributed by atoms with Gasteiger partial charge in [-0.3, -0.25) is 4.79 Å². The maximum absolute atomic E-state index is 12.4. The summed E-state index contributed by atoms with van der Waals surface area (Å²) in [5.74, 6) is 0.534. The molecule has 1 aromatic heterocycles. The van der Waals surface area contributed by atoms with E-state index in [1.165, 1.54) is 4.88 Å². The zero-order valence-corrected chi connectivity index (χ0v) is 12.3. The molecule has 2 atom stereocenters. The van der Waals surface area contributed by atoms with Crippen LogP contribution in [0.1, 0.15) is 28.4 Å². The highest BCUT2D eigenvalue weighted by Crippen LogP contribution is 2.22. The van der Waals surface area contributed by atoms with E-state index >= 15 is 0 Å². The number of nitrogens with zero attached hydrogens (tertiary/aromatic N) is 1. The van der Waals surface area contributed by atoms with Crippen molar-refractivity contribution >= 4 is 28.8 Å². The Hall–Kier alpha value is -0.580. The molecule has 1 saturated heterocycles. The lowest BCUT2D eigenvalue weighted by Gasteiger charge is -2.37. The maximum atomic E-state index is 12.4. The molecule has 1 amide bonds. The van der Waals surface area contributed by atoms with Crippen molar-refractivity contribution in [2.75, 3.05) is 19.0 Å². The van der Waals surface area contributed by atoms with E-state index in [2.05, 4.69) is 6.92 Å². The number of aryl methyl sites for hydroxylation is 1. The number of amides is 1. The number of morpholine rings is 1. The Bertz CT molecular complexity index is 421. The van der Waals surface area contributed by atoms with Crippen LogP contribution < -0.4 is 0 Å². The molecule has 0 spiro atoms. The van der Waals surface area contributed by atoms with Crippen molar-refractivity contribution in [2.45, 2.75) is 32.4 Å². The lowest BCUT2D eigenvalue weighted by Crippen LogP contribution is -2.51. The van der Waals surface area contributed by atoms with E-state index in [1.807, 2.05) is 24.0 Å². The second-order valence-electron chi connectivity index (χ2n) is 4.54. The van der Waals surface area contributed by atoms with Crippen molar-refractivity contribution in [1.82, 2.24) is 4.90 Å². The number of carbonyl (C=O) groups excluding carboxylic acids is 1. The minimum Gasteiger partial charge on any atom is -0.373 e. The predicted octanol–water partition coefficient (Wildman–Crippen LogP) is 2.78. The van der Waals surface area contributed by atoms with Gasteiger partial charge in [-0.15, -0.1) is 22.9 Å². The first-order valence-electron chi connectivity index (χ1n) is 6.23. The molecule has 2 unspecified atom stereocenters. The molecule has 1 fully saturated rings. The topological polar surface area (TPSA) is 29.5 Å². The van der Waals surface area contributed by atoms with Gasteiger partial charge in [0.2, 0.25) is 0 Å². The molecule has 0 radical (unpaired) electrons. The van der Waals surface area contributed by atoms with Gasteiger partial charge >= 0.3 is 0 Å². The van der Waals surface area contributed by atoms with Crippen LogP contribution in [0.25, 0.3) is 0 Å². The number of ether oxygens (including phenoxy) is 1. The van der Waals surface area contributed by atoms with Gasteiger partial charge in [0.15, 0.2) is 0 Å². The Morgan fingerprint density at radius 2 is 2.39 bits per heavy atom. The van der Waals surface area contributed by atoms with E-state index < -0.39 is 0 Å². The number of halogens is 1. The van der Waals surface area contributed by atoms with E-state index in [-0.39, 0.29) is 18.1 Å². The van der Waals surface area contributed by atoms with Gasteiger partial charge in [-0.2, -0.15) is 0 Å². The molecule has 1 aliphatic heterocycles. The van der Waals surface area contributed by atoms with Gasteiger partial charge in [0.25, 0.3) is 5.91 Å². The van der Waals surface area contributed by atoms with Crippen LogP contribution in [-0.2, 0) is 11.2 Å². The number of hydrogen-bond donors (Lipinski definition) is 0. The third-order valence-electron chi connectivity index (χ3n) is 3.16. The van der Waals surface area contributed by atoms with E-state index in [1.54, 1.807) is 11.3 Å². The molecule has 2 rings (SSSR count). The number of carbonyl (C=O) groups is 1. The zero-order valence-electron chi connectivity index (χ0n) is 10.7. The van der Waals surface area contributed by atoms with Crippen LogP contribution in [-0.4, -0.2) is 42.0 Å². The summed E-state index contributed by atoms with van der Waals surface area (Å²) in [6.07, 6.45) is 0.929. The van der Waals surface area contributed by atoms with Gasteiger partial charge in [-0.1, -0.05) is 6.92 Å². The van der Waals surface area contributed by atoms with Crippen LogP contribution in [0.4, 0.5) is 0 Å². The summed E-state index contributed by atoms with van der Waals surface area (Å²) >= 11 is 7.39. The monoisotopic (exact) mass is 287 g/mol. The van der Waals surface area contributed by atoms with Crippen LogP contribution in [0.3, 0.4) is 0 Å². The molecule has 18 heavy (non-hydrogen) atoms. The Balaban J connectivity index is 2.11. The van der Waals surface area contributed by atoms with E-state index in [0.717, 1.165) is 11.3 Å². The quantitative estimate of drug-likeness (QED) is 0.800. The van der Waals surface area contributed by atoms with Gasteiger partial charge in [-0.25, -0.2) is 0 Å². The van der Waals surface area contributed by atoms with Crippen LogP contribution in [0, 0.1) is 0 Å². The van der Waals surface area contributed by atoms with Crippen LogP contribution in [0.5, 0.6) is 0 Å². The summed E-state index contributed by atoms with van der Waals surface area (Å²) in [6.45, 7) is 5.26. The van der Waals surface area contributed by atoms with Crippen molar-refractivity contribution in [3.05, 3.63) is 21.9 Å². The minimum absolute atomic E-state index is 0.0441. The largest absolute Gasteiger partial charge is 0.373 e. The van der Waals surface area contributed by atoms with Crippen molar-refractivity contribution in [3.63, 3.8) is 0 Å². The van der Waals surface area contributed by atoms with E-state index in [0.29, 0.717) is 19.0 Å². The first-order chi connectivity index (χ1) is 8.65. The average Bonchev–Trinajstić information content (AvgIpc) is 2.87. The first kappa shape index (κ1) is 13.8. The number of rotatable bonds is 3. The molecule has 0 bridgehead atoms. The Kier molecular flexibility index (Phi) is 4.65. The van der Waals surface area contributed by atoms with Crippen molar-refractivity contribution in [2.24, 2.45) is 0 Å². The lowest BCUT2D eigenvalue weighted by molar-refractivity contribution is -0.0370. The van der Waals surface area contributed by atoms with E-state index in [9.17, 15) is 4.79 Å². The number of hydrogen-bond acceptors (Lipinski definition) is 3. The summed E-state index contributed by atoms with van der Waals surface area (Å²) in [4.78, 5) is 16.4. The van der Waals surface area contributed by atoms with Crippen LogP contribution in [0.2, 0.25) is 0 Å². The smallest absolute Gasteiger partial charge is 0.264 e. The van der Waals surface area contributed by atoms with Crippen LogP contribution >= 0.6 is 22.9 Å². The Morgan fingerprint density at radius 1 is 1.61 bits per heavy atom. The van der Waals surface area contributed by atoms with E-state index in [4.69, 9.17) is 16.3 Å². The van der Waals surface area contributed by atoms with Gasteiger partial charge in [0.05, 0.1) is 29.5 Å². The number of thiophene rings is 1. The fraction of sp³-hybridized carbons (Fsp3) is 0.615. The summed E-state index contributed by atoms with van der Waals surface area (Å²) in [7, 11) is 0. The highest BCUT2D eigenvalue weighted by Gasteiger charge is 2.30. The second kappa shape index (κ2) is 6.04. The van der Waals surface area contributed by atoms with Crippen LogP contribution in [0.15, 0.2) is 12.1 Å². The third kappa shape index (κ3) is 2.87. The normalized spacial score (nSPS) is 24.3. The van der Waals surface area contributed by atoms with Gasteiger partial charge in [0, 0.05) is 11.4 Å². The maximum Gasteiger partial charge on any atom is 0.264 e. The summed E-state index contributed by atoms with van der Waals surface area (Å²) < 4.78 is 5.56. The molecule has 100 valence electrons. The average molecular weight is 288 g/mol. The highest BCUT2D eigenvalue weighted by atomic mass is 35.5. The summed E-state index contributed by atoms with van der Waals surface area (Å²) in [5, 5.41) is 0. The van der Waals surface area contributed by atoms with Crippen molar-refractivity contribution in [1.29, 1.82) is 0 Å². The Morgan fingerprint density at radius 3 is 3.00 bits per heavy atom. The molecular weight excluding hydrogens is 270 g/mol. The number of alkyl halides is 1. The molecule has 2 heterocycles. The molecule has 0 N–H and O–H groups in total. The molecule has 0 aliphatic carbocycles. The summed E-state index contributed by atoms with van der Waals surface area (Å²) in [5.41, 5.74) is 0. The Labute approximate surface area is 117 Å². The first-order valence-corrected chi connectivity index (χ1v) is 7.58. The summed E-state index contributed by atoms with van der Waals surface area (Å²) in [6, 6.07) is 4.07. The lowest BCUT2D eigenvalue weighted by atomic mass is 10.2. The molecule has 3 nitrogen and oxygen atoms in total. The molecule has 0 aromatic carbocycles. The SMILES string of the molecule is CCc1ccc(C(=O)N2CC(CCl)OCC2C)s1. The van der Waals surface area contributed by atoms with Gasteiger partial charge in [-0.05, 0) is 25.5 Å². The van der Waals surface area contributed by atoms with Crippen molar-refractivity contribution < 1.29 is 9.53 Å². The fourth-order valence-electron chi connectivity index (χ4n) is 2.02. The second-order valence-corrected chi connectivity index (χ2v) is 6.01.